The summed E-state index contributed by atoms with van der Waals surface area (Å²) in [6, 6.07) is 0. The number of aryl methyl sites for hydroxylation is 1. The minimum absolute atomic E-state index is 0.671. The van der Waals surface area contributed by atoms with Crippen molar-refractivity contribution in [2.75, 3.05) is 19.6 Å². The zero-order chi connectivity index (χ0) is 11.1. The number of nitrogens with zero attached hydrogens (tertiary/aromatic N) is 1. The second kappa shape index (κ2) is 6.93. The molecule has 1 unspecified atom stereocenters. The molecular weight excluding hydrogens is 206 g/mol. The average molecular weight is 227 g/mol. The van der Waals surface area contributed by atoms with Gasteiger partial charge < -0.3 is 10.6 Å². The van der Waals surface area contributed by atoms with E-state index in [0.29, 0.717) is 5.92 Å². The minimum Gasteiger partial charge on any atom is -0.317 e. The fraction of sp³-hybridized carbons (Fsp3) is 0.727. The first-order chi connectivity index (χ1) is 7.22. The highest BCUT2D eigenvalue weighted by Crippen LogP contribution is 2.07. The van der Waals surface area contributed by atoms with Crippen molar-refractivity contribution in [2.45, 2.75) is 27.3 Å². The summed E-state index contributed by atoms with van der Waals surface area (Å²) in [6.07, 6.45) is 0. The summed E-state index contributed by atoms with van der Waals surface area (Å²) in [4.78, 5) is 4.41. The van der Waals surface area contributed by atoms with Crippen LogP contribution in [0.2, 0.25) is 0 Å². The maximum Gasteiger partial charge on any atom is 0.0897 e. The van der Waals surface area contributed by atoms with Gasteiger partial charge in [0.15, 0.2) is 0 Å². The van der Waals surface area contributed by atoms with Gasteiger partial charge in [-0.2, -0.15) is 0 Å². The minimum atomic E-state index is 0.671. The molecule has 3 nitrogen and oxygen atoms in total. The van der Waals surface area contributed by atoms with Crippen LogP contribution in [0.4, 0.5) is 0 Å². The van der Waals surface area contributed by atoms with Gasteiger partial charge in [0, 0.05) is 11.9 Å². The summed E-state index contributed by atoms with van der Waals surface area (Å²) in [5.74, 6) is 0.671. The van der Waals surface area contributed by atoms with Crippen LogP contribution in [0, 0.1) is 12.8 Å². The van der Waals surface area contributed by atoms with E-state index in [9.17, 15) is 0 Å². The van der Waals surface area contributed by atoms with Gasteiger partial charge in [-0.15, -0.1) is 11.3 Å². The Morgan fingerprint density at radius 3 is 2.73 bits per heavy atom. The van der Waals surface area contributed by atoms with E-state index in [-0.39, 0.29) is 0 Å². The molecule has 86 valence electrons. The van der Waals surface area contributed by atoms with E-state index in [1.165, 1.54) is 0 Å². The maximum absolute atomic E-state index is 4.41. The lowest BCUT2D eigenvalue weighted by atomic mass is 10.2. The summed E-state index contributed by atoms with van der Waals surface area (Å²) in [5, 5.41) is 10.0. The molecule has 0 amide bonds. The summed E-state index contributed by atoms with van der Waals surface area (Å²) in [5.41, 5.74) is 1.16. The normalized spacial score (nSPS) is 13.0. The Hall–Kier alpha value is -0.450. The predicted octanol–water partition coefficient (Wildman–Crippen LogP) is 1.79. The number of hydrogen-bond donors (Lipinski definition) is 2. The standard InChI is InChI=1S/C11H21N3S/c1-4-12-5-9(2)6-13-7-11-8-15-10(3)14-11/h8-9,12-13H,4-7H2,1-3H3. The van der Waals surface area contributed by atoms with Crippen LogP contribution in [0.5, 0.6) is 0 Å². The monoisotopic (exact) mass is 227 g/mol. The molecule has 2 N–H and O–H groups in total. The Kier molecular flexibility index (Phi) is 5.83. The Labute approximate surface area is 96.3 Å². The smallest absolute Gasteiger partial charge is 0.0897 e. The average Bonchev–Trinajstić information content (AvgIpc) is 2.61. The first kappa shape index (κ1) is 12.6. The van der Waals surface area contributed by atoms with Crippen molar-refractivity contribution < 1.29 is 0 Å². The van der Waals surface area contributed by atoms with E-state index in [2.05, 4.69) is 34.8 Å². The highest BCUT2D eigenvalue weighted by Gasteiger charge is 2.01. The molecule has 1 rings (SSSR count). The van der Waals surface area contributed by atoms with Crippen LogP contribution < -0.4 is 10.6 Å². The molecule has 0 aromatic carbocycles. The van der Waals surface area contributed by atoms with E-state index in [1.54, 1.807) is 11.3 Å². The number of aromatic nitrogens is 1. The van der Waals surface area contributed by atoms with Gasteiger partial charge in [0.25, 0.3) is 0 Å². The summed E-state index contributed by atoms with van der Waals surface area (Å²) >= 11 is 1.71. The van der Waals surface area contributed by atoms with Crippen molar-refractivity contribution in [1.29, 1.82) is 0 Å². The molecule has 0 spiro atoms. The zero-order valence-corrected chi connectivity index (χ0v) is 10.7. The van der Waals surface area contributed by atoms with Crippen LogP contribution in [0.25, 0.3) is 0 Å². The first-order valence-corrected chi connectivity index (χ1v) is 6.42. The topological polar surface area (TPSA) is 37.0 Å². The third-order valence-corrected chi connectivity index (χ3v) is 3.03. The molecule has 0 fully saturated rings. The van der Waals surface area contributed by atoms with Gasteiger partial charge in [-0.1, -0.05) is 13.8 Å². The van der Waals surface area contributed by atoms with Gasteiger partial charge in [0.05, 0.1) is 10.7 Å². The van der Waals surface area contributed by atoms with Crippen LogP contribution >= 0.6 is 11.3 Å². The van der Waals surface area contributed by atoms with Crippen LogP contribution in [0.15, 0.2) is 5.38 Å². The van der Waals surface area contributed by atoms with Gasteiger partial charge in [0.1, 0.15) is 0 Å². The van der Waals surface area contributed by atoms with Crippen molar-refractivity contribution in [2.24, 2.45) is 5.92 Å². The third-order valence-electron chi connectivity index (χ3n) is 2.21. The second-order valence-electron chi connectivity index (χ2n) is 3.90. The molecule has 0 radical (unpaired) electrons. The van der Waals surface area contributed by atoms with Gasteiger partial charge >= 0.3 is 0 Å². The lowest BCUT2D eigenvalue weighted by Crippen LogP contribution is -2.29. The van der Waals surface area contributed by atoms with Gasteiger partial charge in [-0.25, -0.2) is 4.98 Å². The maximum atomic E-state index is 4.41. The van der Waals surface area contributed by atoms with Crippen molar-refractivity contribution >= 4 is 11.3 Å². The Morgan fingerprint density at radius 1 is 1.40 bits per heavy atom. The zero-order valence-electron chi connectivity index (χ0n) is 9.84. The predicted molar refractivity (Wildman–Crippen MR) is 66.3 cm³/mol. The van der Waals surface area contributed by atoms with Crippen LogP contribution in [-0.4, -0.2) is 24.6 Å². The van der Waals surface area contributed by atoms with E-state index in [0.717, 1.165) is 36.9 Å². The molecule has 15 heavy (non-hydrogen) atoms. The lowest BCUT2D eigenvalue weighted by Gasteiger charge is -2.11. The Balaban J connectivity index is 2.10. The highest BCUT2D eigenvalue weighted by molar-refractivity contribution is 7.09. The van der Waals surface area contributed by atoms with E-state index >= 15 is 0 Å². The van der Waals surface area contributed by atoms with Crippen LogP contribution in [0.3, 0.4) is 0 Å². The van der Waals surface area contributed by atoms with Crippen molar-refractivity contribution in [3.8, 4) is 0 Å². The van der Waals surface area contributed by atoms with E-state index < -0.39 is 0 Å². The number of nitrogens with one attached hydrogen (secondary N) is 2. The molecule has 0 aliphatic rings. The molecule has 1 atom stereocenters. The molecule has 0 aliphatic carbocycles. The van der Waals surface area contributed by atoms with Crippen LogP contribution in [0.1, 0.15) is 24.5 Å². The van der Waals surface area contributed by atoms with Crippen molar-refractivity contribution in [3.63, 3.8) is 0 Å². The number of hydrogen-bond acceptors (Lipinski definition) is 4. The third kappa shape index (κ3) is 5.25. The molecule has 0 bridgehead atoms. The first-order valence-electron chi connectivity index (χ1n) is 5.54. The quantitative estimate of drug-likeness (QED) is 0.745. The van der Waals surface area contributed by atoms with Crippen molar-refractivity contribution in [3.05, 3.63) is 16.1 Å². The Morgan fingerprint density at radius 2 is 2.13 bits per heavy atom. The van der Waals surface area contributed by atoms with Crippen molar-refractivity contribution in [1.82, 2.24) is 15.6 Å². The summed E-state index contributed by atoms with van der Waals surface area (Å²) < 4.78 is 0. The fourth-order valence-electron chi connectivity index (χ4n) is 1.40. The number of thiazole rings is 1. The van der Waals surface area contributed by atoms with E-state index in [1.807, 2.05) is 6.92 Å². The van der Waals surface area contributed by atoms with Gasteiger partial charge in [-0.3, -0.25) is 0 Å². The molecule has 4 heteroatoms. The summed E-state index contributed by atoms with van der Waals surface area (Å²) in [6.45, 7) is 10.5. The molecule has 1 aromatic rings. The molecule has 0 saturated carbocycles. The van der Waals surface area contributed by atoms with Gasteiger partial charge in [-0.05, 0) is 32.5 Å². The highest BCUT2D eigenvalue weighted by atomic mass is 32.1. The fourth-order valence-corrected chi connectivity index (χ4v) is 2.01. The molecule has 1 aromatic heterocycles. The van der Waals surface area contributed by atoms with E-state index in [4.69, 9.17) is 0 Å². The lowest BCUT2D eigenvalue weighted by molar-refractivity contribution is 0.477. The van der Waals surface area contributed by atoms with Gasteiger partial charge in [0.2, 0.25) is 0 Å². The second-order valence-corrected chi connectivity index (χ2v) is 4.96. The SMILES string of the molecule is CCNCC(C)CNCc1csc(C)n1. The molecular formula is C11H21N3S. The number of rotatable bonds is 7. The molecule has 1 heterocycles. The van der Waals surface area contributed by atoms with Crippen LogP contribution in [-0.2, 0) is 6.54 Å². The largest absolute Gasteiger partial charge is 0.317 e. The Bertz CT molecular complexity index is 273. The summed E-state index contributed by atoms with van der Waals surface area (Å²) in [7, 11) is 0. The molecule has 0 saturated heterocycles. The molecule has 0 aliphatic heterocycles.